The van der Waals surface area contributed by atoms with Gasteiger partial charge < -0.3 is 14.7 Å². The van der Waals surface area contributed by atoms with Crippen molar-refractivity contribution in [2.75, 3.05) is 19.7 Å². The molecular formula is C28H28N2O4. The molecule has 0 radical (unpaired) electrons. The van der Waals surface area contributed by atoms with E-state index >= 15 is 0 Å². The van der Waals surface area contributed by atoms with Gasteiger partial charge in [-0.2, -0.15) is 0 Å². The summed E-state index contributed by atoms with van der Waals surface area (Å²) in [7, 11) is 0. The standard InChI is InChI=1S/C28H28N2O4/c31-26(25-2-1-13-34-25)30-11-9-28(10-12-30)16-23(28)19-5-3-18(4-6-19)22-14-20-7-8-21(27(32)33)15-24(20)29-17-22/h3-8,14-15,17,23,25H,1-2,9-13,16H2,(H,32,33)/t23-,25?/m0/s1. The minimum Gasteiger partial charge on any atom is -0.478 e. The first-order chi connectivity index (χ1) is 16.5. The van der Waals surface area contributed by atoms with Gasteiger partial charge in [0.1, 0.15) is 6.10 Å². The predicted octanol–water partition coefficient (Wildman–Crippen LogP) is 4.88. The monoisotopic (exact) mass is 456 g/mol. The van der Waals surface area contributed by atoms with Crippen LogP contribution in [0.15, 0.2) is 54.7 Å². The highest BCUT2D eigenvalue weighted by atomic mass is 16.5. The molecule has 174 valence electrons. The Balaban J connectivity index is 1.12. The van der Waals surface area contributed by atoms with Crippen LogP contribution in [0.3, 0.4) is 0 Å². The third-order valence-corrected chi connectivity index (χ3v) is 8.04. The summed E-state index contributed by atoms with van der Waals surface area (Å²) in [5, 5.41) is 10.1. The van der Waals surface area contributed by atoms with Crippen molar-refractivity contribution in [3.05, 3.63) is 65.9 Å². The number of rotatable bonds is 4. The molecule has 6 nitrogen and oxygen atoms in total. The number of carboxylic acid groups (broad SMARTS) is 1. The van der Waals surface area contributed by atoms with Gasteiger partial charge >= 0.3 is 5.97 Å². The number of piperidine rings is 1. The third kappa shape index (κ3) is 3.76. The molecule has 1 aromatic heterocycles. The Kier molecular flexibility index (Phi) is 5.14. The van der Waals surface area contributed by atoms with E-state index in [1.54, 1.807) is 12.1 Å². The van der Waals surface area contributed by atoms with Crippen molar-refractivity contribution in [1.82, 2.24) is 9.88 Å². The van der Waals surface area contributed by atoms with Crippen LogP contribution in [-0.4, -0.2) is 52.7 Å². The number of pyridine rings is 1. The van der Waals surface area contributed by atoms with Crippen LogP contribution in [0.4, 0.5) is 0 Å². The number of carbonyl (C=O) groups is 2. The highest BCUT2D eigenvalue weighted by Crippen LogP contribution is 2.65. The molecule has 3 aromatic rings. The second-order valence-corrected chi connectivity index (χ2v) is 10.0. The minimum atomic E-state index is -0.943. The maximum Gasteiger partial charge on any atom is 0.335 e. The molecule has 6 rings (SSSR count). The van der Waals surface area contributed by atoms with Gasteiger partial charge in [0.05, 0.1) is 11.1 Å². The van der Waals surface area contributed by atoms with Crippen LogP contribution < -0.4 is 0 Å². The number of ether oxygens (including phenoxy) is 1. The topological polar surface area (TPSA) is 79.7 Å². The number of amides is 1. The Morgan fingerprint density at radius 2 is 1.82 bits per heavy atom. The predicted molar refractivity (Wildman–Crippen MR) is 129 cm³/mol. The number of aromatic carboxylic acids is 1. The number of carbonyl (C=O) groups excluding carboxylic acids is 1. The lowest BCUT2D eigenvalue weighted by Gasteiger charge is -2.34. The SMILES string of the molecule is O=C(O)c1ccc2cc(-c3ccc([C@@H]4CC45CCN(C(=O)C4CCCO4)CC5)cc3)cnc2c1. The first-order valence-corrected chi connectivity index (χ1v) is 12.2. The molecule has 1 spiro atoms. The number of fused-ring (bicyclic) bond motifs is 1. The number of likely N-dealkylation sites (tertiary alicyclic amines) is 1. The lowest BCUT2D eigenvalue weighted by Crippen LogP contribution is -2.44. The molecule has 2 aromatic carbocycles. The molecule has 2 aliphatic heterocycles. The lowest BCUT2D eigenvalue weighted by molar-refractivity contribution is -0.142. The van der Waals surface area contributed by atoms with E-state index in [-0.39, 0.29) is 17.6 Å². The summed E-state index contributed by atoms with van der Waals surface area (Å²) in [4.78, 5) is 30.3. The van der Waals surface area contributed by atoms with Crippen molar-refractivity contribution in [2.24, 2.45) is 5.41 Å². The van der Waals surface area contributed by atoms with E-state index in [9.17, 15) is 14.7 Å². The fraction of sp³-hybridized carbons (Fsp3) is 0.393. The van der Waals surface area contributed by atoms with Crippen molar-refractivity contribution in [3.63, 3.8) is 0 Å². The minimum absolute atomic E-state index is 0.192. The van der Waals surface area contributed by atoms with E-state index in [0.717, 1.165) is 55.3 Å². The van der Waals surface area contributed by atoms with E-state index in [2.05, 4.69) is 35.3 Å². The Hall–Kier alpha value is -3.25. The molecule has 2 atom stereocenters. The molecule has 1 N–H and O–H groups in total. The summed E-state index contributed by atoms with van der Waals surface area (Å²) in [5.74, 6) is -0.177. The fourth-order valence-electron chi connectivity index (χ4n) is 5.84. The summed E-state index contributed by atoms with van der Waals surface area (Å²) in [6.07, 6.45) is 6.81. The summed E-state index contributed by atoms with van der Waals surface area (Å²) in [6, 6.07) is 15.9. The van der Waals surface area contributed by atoms with Gasteiger partial charge in [0.15, 0.2) is 0 Å². The quantitative estimate of drug-likeness (QED) is 0.606. The number of aromatic nitrogens is 1. The molecule has 3 heterocycles. The van der Waals surface area contributed by atoms with Crippen molar-refractivity contribution in [3.8, 4) is 11.1 Å². The smallest absolute Gasteiger partial charge is 0.335 e. The van der Waals surface area contributed by atoms with Gasteiger partial charge in [-0.3, -0.25) is 9.78 Å². The van der Waals surface area contributed by atoms with Gasteiger partial charge in [-0.1, -0.05) is 30.3 Å². The molecule has 1 amide bonds. The van der Waals surface area contributed by atoms with Crippen LogP contribution in [0.1, 0.15) is 53.9 Å². The molecule has 3 aliphatic rings. The van der Waals surface area contributed by atoms with Crippen LogP contribution in [0.25, 0.3) is 22.0 Å². The number of benzene rings is 2. The second-order valence-electron chi connectivity index (χ2n) is 10.0. The normalized spacial score (nSPS) is 23.4. The highest BCUT2D eigenvalue weighted by Gasteiger charge is 2.55. The van der Waals surface area contributed by atoms with E-state index < -0.39 is 5.97 Å². The van der Waals surface area contributed by atoms with Crippen LogP contribution in [-0.2, 0) is 9.53 Å². The van der Waals surface area contributed by atoms with Crippen molar-refractivity contribution >= 4 is 22.8 Å². The summed E-state index contributed by atoms with van der Waals surface area (Å²) in [5.41, 5.74) is 4.78. The summed E-state index contributed by atoms with van der Waals surface area (Å²) in [6.45, 7) is 2.41. The molecule has 2 saturated heterocycles. The fourth-order valence-corrected chi connectivity index (χ4v) is 5.84. The molecule has 6 heteroatoms. The van der Waals surface area contributed by atoms with Gasteiger partial charge in [0.2, 0.25) is 0 Å². The zero-order valence-electron chi connectivity index (χ0n) is 19.1. The van der Waals surface area contributed by atoms with Crippen molar-refractivity contribution in [1.29, 1.82) is 0 Å². The van der Waals surface area contributed by atoms with Gasteiger partial charge in [-0.05, 0) is 72.8 Å². The molecule has 3 fully saturated rings. The zero-order valence-corrected chi connectivity index (χ0v) is 19.1. The largest absolute Gasteiger partial charge is 0.478 e. The molecule has 34 heavy (non-hydrogen) atoms. The number of carboxylic acids is 1. The van der Waals surface area contributed by atoms with Crippen LogP contribution in [0, 0.1) is 5.41 Å². The van der Waals surface area contributed by atoms with E-state index in [4.69, 9.17) is 4.74 Å². The molecule has 1 saturated carbocycles. The van der Waals surface area contributed by atoms with Crippen LogP contribution >= 0.6 is 0 Å². The summed E-state index contributed by atoms with van der Waals surface area (Å²) < 4.78 is 5.59. The number of nitrogens with zero attached hydrogens (tertiary/aromatic N) is 2. The molecule has 1 aliphatic carbocycles. The highest BCUT2D eigenvalue weighted by molar-refractivity contribution is 5.94. The Morgan fingerprint density at radius 1 is 1.03 bits per heavy atom. The average Bonchev–Trinajstić information content (AvgIpc) is 3.28. The Morgan fingerprint density at radius 3 is 2.53 bits per heavy atom. The van der Waals surface area contributed by atoms with Crippen molar-refractivity contribution in [2.45, 2.75) is 44.1 Å². The van der Waals surface area contributed by atoms with Gasteiger partial charge in [0, 0.05) is 36.8 Å². The first-order valence-electron chi connectivity index (χ1n) is 12.2. The van der Waals surface area contributed by atoms with Crippen LogP contribution in [0.2, 0.25) is 0 Å². The van der Waals surface area contributed by atoms with Gasteiger partial charge in [-0.15, -0.1) is 0 Å². The Bertz CT molecular complexity index is 1260. The van der Waals surface area contributed by atoms with E-state index in [1.165, 1.54) is 12.0 Å². The molecular weight excluding hydrogens is 428 g/mol. The lowest BCUT2D eigenvalue weighted by atomic mass is 9.88. The molecule has 1 unspecified atom stereocenters. The third-order valence-electron chi connectivity index (χ3n) is 8.04. The Labute approximate surface area is 198 Å². The van der Waals surface area contributed by atoms with E-state index in [1.807, 2.05) is 17.2 Å². The van der Waals surface area contributed by atoms with Crippen molar-refractivity contribution < 1.29 is 19.4 Å². The summed E-state index contributed by atoms with van der Waals surface area (Å²) >= 11 is 0. The van der Waals surface area contributed by atoms with Crippen LogP contribution in [0.5, 0.6) is 0 Å². The second kappa shape index (κ2) is 8.20. The van der Waals surface area contributed by atoms with E-state index in [0.29, 0.717) is 23.5 Å². The number of hydrogen-bond acceptors (Lipinski definition) is 4. The molecule has 0 bridgehead atoms. The van der Waals surface area contributed by atoms with Gasteiger partial charge in [0.25, 0.3) is 5.91 Å². The van der Waals surface area contributed by atoms with Gasteiger partial charge in [-0.25, -0.2) is 4.79 Å². The zero-order chi connectivity index (χ0) is 23.3. The maximum absolute atomic E-state index is 12.7. The number of hydrogen-bond donors (Lipinski definition) is 1. The average molecular weight is 457 g/mol. The first kappa shape index (κ1) is 21.3. The maximum atomic E-state index is 12.7.